The van der Waals surface area contributed by atoms with Gasteiger partial charge in [-0.05, 0) is 11.8 Å². The fourth-order valence-corrected chi connectivity index (χ4v) is 3.79. The summed E-state index contributed by atoms with van der Waals surface area (Å²) in [5.74, 6) is 4.18. The van der Waals surface area contributed by atoms with E-state index >= 15 is 0 Å². The molecule has 0 N–H and O–H groups in total. The third-order valence-corrected chi connectivity index (χ3v) is 4.07. The van der Waals surface area contributed by atoms with Gasteiger partial charge >= 0.3 is 0 Å². The lowest BCUT2D eigenvalue weighted by atomic mass is 9.61. The SMILES string of the molecule is O=C1CC2CC3BC2C(C1)C3. The van der Waals surface area contributed by atoms with Crippen LogP contribution in [0.3, 0.4) is 0 Å². The van der Waals surface area contributed by atoms with Gasteiger partial charge in [0.05, 0.1) is 0 Å². The molecule has 3 rings (SSSR count). The molecule has 0 aromatic rings. The first-order valence-electron chi connectivity index (χ1n) is 4.84. The van der Waals surface area contributed by atoms with Gasteiger partial charge in [-0.15, -0.1) is 0 Å². The lowest BCUT2D eigenvalue weighted by Crippen LogP contribution is -2.27. The number of rotatable bonds is 0. The highest BCUT2D eigenvalue weighted by molar-refractivity contribution is 6.42. The minimum absolute atomic E-state index is 0.552. The van der Waals surface area contributed by atoms with Crippen molar-refractivity contribution >= 4 is 13.1 Å². The summed E-state index contributed by atoms with van der Waals surface area (Å²) in [5, 5.41) is 0. The lowest BCUT2D eigenvalue weighted by molar-refractivity contribution is -0.123. The Labute approximate surface area is 67.8 Å². The molecular weight excluding hydrogens is 135 g/mol. The first-order valence-corrected chi connectivity index (χ1v) is 4.84. The molecule has 2 heteroatoms. The summed E-state index contributed by atoms with van der Waals surface area (Å²) in [6.45, 7) is 0. The van der Waals surface area contributed by atoms with Crippen molar-refractivity contribution in [3.8, 4) is 0 Å². The molecule has 2 atom stereocenters. The second kappa shape index (κ2) is 1.91. The van der Waals surface area contributed by atoms with Crippen LogP contribution in [0, 0.1) is 11.8 Å². The lowest BCUT2D eigenvalue weighted by Gasteiger charge is -2.34. The zero-order chi connectivity index (χ0) is 7.42. The third-order valence-electron chi connectivity index (χ3n) is 4.07. The molecule has 0 aromatic carbocycles. The molecule has 3 aliphatic rings. The summed E-state index contributed by atoms with van der Waals surface area (Å²) < 4.78 is 0. The van der Waals surface area contributed by atoms with Crippen LogP contribution in [-0.4, -0.2) is 13.1 Å². The molecular formula is C9H13BO. The number of hydrogen-bond acceptors (Lipinski definition) is 1. The molecule has 1 aliphatic carbocycles. The summed E-state index contributed by atoms with van der Waals surface area (Å²) in [6, 6.07) is 0. The van der Waals surface area contributed by atoms with Crippen molar-refractivity contribution in [2.45, 2.75) is 37.3 Å². The number of hydrogen-bond donors (Lipinski definition) is 0. The maximum absolute atomic E-state index is 11.2. The van der Waals surface area contributed by atoms with Gasteiger partial charge in [-0.3, -0.25) is 4.79 Å². The van der Waals surface area contributed by atoms with Crippen LogP contribution in [0.1, 0.15) is 25.7 Å². The summed E-state index contributed by atoms with van der Waals surface area (Å²) in [6.07, 6.45) is 4.62. The Morgan fingerprint density at radius 1 is 1.18 bits per heavy atom. The van der Waals surface area contributed by atoms with Crippen LogP contribution in [0.5, 0.6) is 0 Å². The molecule has 0 radical (unpaired) electrons. The smallest absolute Gasteiger partial charge is 0.133 e. The molecule has 0 aromatic heterocycles. The maximum Gasteiger partial charge on any atom is 0.133 e. The zero-order valence-corrected chi connectivity index (χ0v) is 6.75. The van der Waals surface area contributed by atoms with Gasteiger partial charge in [-0.25, -0.2) is 0 Å². The molecule has 2 heterocycles. The quantitative estimate of drug-likeness (QED) is 0.474. The van der Waals surface area contributed by atoms with E-state index < -0.39 is 0 Å². The van der Waals surface area contributed by atoms with Gasteiger partial charge in [0.25, 0.3) is 0 Å². The first kappa shape index (κ1) is 6.27. The van der Waals surface area contributed by atoms with Crippen molar-refractivity contribution in [3.63, 3.8) is 0 Å². The second-order valence-corrected chi connectivity index (χ2v) is 4.70. The number of fused-ring (bicyclic) bond motifs is 1. The molecule has 1 saturated carbocycles. The van der Waals surface area contributed by atoms with Crippen molar-refractivity contribution in [2.75, 3.05) is 0 Å². The van der Waals surface area contributed by atoms with Crippen LogP contribution < -0.4 is 0 Å². The Bertz CT molecular complexity index is 196. The molecule has 0 spiro atoms. The average Bonchev–Trinajstić information content (AvgIpc) is 2.41. The summed E-state index contributed by atoms with van der Waals surface area (Å²) >= 11 is 0. The van der Waals surface area contributed by atoms with Gasteiger partial charge in [0, 0.05) is 12.8 Å². The Morgan fingerprint density at radius 3 is 2.36 bits per heavy atom. The highest BCUT2D eigenvalue weighted by Crippen LogP contribution is 2.58. The van der Waals surface area contributed by atoms with Gasteiger partial charge < -0.3 is 0 Å². The maximum atomic E-state index is 11.2. The standard InChI is InChI=1S/C9H13BO/c11-8-3-5-1-7-2-6(4-8)9(5)10-7/h5-7,9-10H,1-4H2. The topological polar surface area (TPSA) is 17.1 Å². The summed E-state index contributed by atoms with van der Waals surface area (Å²) in [7, 11) is 1.46. The summed E-state index contributed by atoms with van der Waals surface area (Å²) in [4.78, 5) is 11.2. The molecule has 3 fully saturated rings. The van der Waals surface area contributed by atoms with Gasteiger partial charge in [-0.1, -0.05) is 24.5 Å². The fraction of sp³-hybridized carbons (Fsp3) is 0.889. The fourth-order valence-electron chi connectivity index (χ4n) is 3.79. The molecule has 2 saturated heterocycles. The highest BCUT2D eigenvalue weighted by atomic mass is 16.1. The van der Waals surface area contributed by atoms with E-state index in [4.69, 9.17) is 0 Å². The minimum Gasteiger partial charge on any atom is -0.300 e. The first-order chi connectivity index (χ1) is 5.33. The van der Waals surface area contributed by atoms with Gasteiger partial charge in [0.1, 0.15) is 13.1 Å². The molecule has 11 heavy (non-hydrogen) atoms. The van der Waals surface area contributed by atoms with Gasteiger partial charge in [-0.2, -0.15) is 0 Å². The van der Waals surface area contributed by atoms with Gasteiger partial charge in [0.2, 0.25) is 0 Å². The Morgan fingerprint density at radius 2 is 1.82 bits per heavy atom. The predicted octanol–water partition coefficient (Wildman–Crippen LogP) is 1.40. The molecule has 2 aliphatic heterocycles. The second-order valence-electron chi connectivity index (χ2n) is 4.70. The van der Waals surface area contributed by atoms with E-state index in [0.717, 1.165) is 36.3 Å². The van der Waals surface area contributed by atoms with Gasteiger partial charge in [0.15, 0.2) is 0 Å². The number of carbonyl (C=O) groups is 1. The molecule has 2 bridgehead atoms. The van der Waals surface area contributed by atoms with Crippen molar-refractivity contribution in [1.82, 2.24) is 0 Å². The normalized spacial score (nSPS) is 52.9. The van der Waals surface area contributed by atoms with E-state index in [1.807, 2.05) is 0 Å². The van der Waals surface area contributed by atoms with E-state index in [9.17, 15) is 4.79 Å². The molecule has 58 valence electrons. The van der Waals surface area contributed by atoms with Crippen LogP contribution in [0.15, 0.2) is 0 Å². The van der Waals surface area contributed by atoms with Crippen LogP contribution >= 0.6 is 0 Å². The Hall–Kier alpha value is -0.265. The predicted molar refractivity (Wildman–Crippen MR) is 45.1 cm³/mol. The van der Waals surface area contributed by atoms with E-state index in [2.05, 4.69) is 0 Å². The van der Waals surface area contributed by atoms with E-state index in [-0.39, 0.29) is 0 Å². The van der Waals surface area contributed by atoms with Crippen molar-refractivity contribution < 1.29 is 4.79 Å². The van der Waals surface area contributed by atoms with Crippen LogP contribution in [-0.2, 0) is 4.79 Å². The number of ketones is 1. The van der Waals surface area contributed by atoms with Crippen molar-refractivity contribution in [1.29, 1.82) is 0 Å². The van der Waals surface area contributed by atoms with Crippen molar-refractivity contribution in [3.05, 3.63) is 0 Å². The van der Waals surface area contributed by atoms with E-state index in [1.165, 1.54) is 20.1 Å². The third kappa shape index (κ3) is 0.757. The zero-order valence-electron chi connectivity index (χ0n) is 6.75. The minimum atomic E-state index is 0.552. The van der Waals surface area contributed by atoms with Crippen molar-refractivity contribution in [2.24, 2.45) is 11.8 Å². The molecule has 0 amide bonds. The number of carbonyl (C=O) groups excluding carboxylic acids is 1. The monoisotopic (exact) mass is 148 g/mol. The average molecular weight is 148 g/mol. The Kier molecular flexibility index (Phi) is 1.09. The Balaban J connectivity index is 1.92. The molecule has 1 nitrogen and oxygen atoms in total. The van der Waals surface area contributed by atoms with Crippen LogP contribution in [0.4, 0.5) is 0 Å². The summed E-state index contributed by atoms with van der Waals surface area (Å²) in [5.41, 5.74) is 0. The highest BCUT2D eigenvalue weighted by Gasteiger charge is 2.50. The van der Waals surface area contributed by atoms with E-state index in [0.29, 0.717) is 5.78 Å². The van der Waals surface area contributed by atoms with Crippen LogP contribution in [0.2, 0.25) is 11.6 Å². The van der Waals surface area contributed by atoms with E-state index in [1.54, 1.807) is 0 Å². The largest absolute Gasteiger partial charge is 0.300 e. The van der Waals surface area contributed by atoms with Crippen LogP contribution in [0.25, 0.3) is 0 Å². The molecule has 2 unspecified atom stereocenters. The number of Topliss-reactive ketones (excluding diaryl/α,β-unsaturated/α-hetero) is 1.